The van der Waals surface area contributed by atoms with Crippen molar-refractivity contribution in [3.05, 3.63) is 86.1 Å². The first kappa shape index (κ1) is 24.9. The molecule has 4 rings (SSSR count). The fourth-order valence-corrected chi connectivity index (χ4v) is 4.52. The highest BCUT2D eigenvalue weighted by Gasteiger charge is 2.16. The zero-order valence-corrected chi connectivity index (χ0v) is 22.6. The van der Waals surface area contributed by atoms with E-state index in [-0.39, 0.29) is 17.6 Å². The van der Waals surface area contributed by atoms with E-state index in [0.717, 1.165) is 39.3 Å². The van der Waals surface area contributed by atoms with Crippen LogP contribution in [0.1, 0.15) is 62.8 Å². The van der Waals surface area contributed by atoms with Crippen molar-refractivity contribution in [2.75, 3.05) is 0 Å². The number of rotatable bonds is 7. The molecule has 0 spiro atoms. The van der Waals surface area contributed by atoms with Crippen LogP contribution in [0.25, 0.3) is 16.6 Å². The topological polar surface area (TPSA) is 61.4 Å². The molecule has 0 saturated heterocycles. The lowest BCUT2D eigenvalue weighted by atomic mass is 10.1. The van der Waals surface area contributed by atoms with Crippen LogP contribution in [0.4, 0.5) is 0 Å². The Labute approximate surface area is 214 Å². The minimum atomic E-state index is -0.169. The Kier molecular flexibility index (Phi) is 7.26. The molecule has 2 heterocycles. The highest BCUT2D eigenvalue weighted by Crippen LogP contribution is 2.24. The number of benzene rings is 2. The van der Waals surface area contributed by atoms with Crippen LogP contribution in [0.15, 0.2) is 62.9 Å². The van der Waals surface area contributed by atoms with E-state index in [4.69, 9.17) is 9.72 Å². The third kappa shape index (κ3) is 5.10. The molecule has 0 aliphatic carbocycles. The van der Waals surface area contributed by atoms with Crippen LogP contribution >= 0.6 is 15.9 Å². The molecule has 0 saturated carbocycles. The standard InChI is InChI=1S/C28H31BrN4O2/c1-7-18(4)27-31-26-13-8-22(29)15-25(26)28(34)33(27)30-16-21-14-19(5)32(20(21)6)23-9-11-24(12-10-23)35-17(2)3/h8-18H,7H2,1-6H3/t18-/m1/s1. The summed E-state index contributed by atoms with van der Waals surface area (Å²) < 4.78 is 10.2. The van der Waals surface area contributed by atoms with E-state index in [0.29, 0.717) is 16.7 Å². The summed E-state index contributed by atoms with van der Waals surface area (Å²) in [6, 6.07) is 15.7. The molecular weight excluding hydrogens is 504 g/mol. The second-order valence-electron chi connectivity index (χ2n) is 9.12. The summed E-state index contributed by atoms with van der Waals surface area (Å²) >= 11 is 3.46. The summed E-state index contributed by atoms with van der Waals surface area (Å²) in [5.41, 5.74) is 4.63. The predicted octanol–water partition coefficient (Wildman–Crippen LogP) is 6.75. The molecule has 7 heteroatoms. The molecule has 182 valence electrons. The van der Waals surface area contributed by atoms with Gasteiger partial charge in [-0.1, -0.05) is 29.8 Å². The van der Waals surface area contributed by atoms with Crippen molar-refractivity contribution in [3.63, 3.8) is 0 Å². The SMILES string of the molecule is CC[C@@H](C)c1nc2ccc(Br)cc2c(=O)n1N=Cc1cc(C)n(-c2ccc(OC(C)C)cc2)c1C. The number of fused-ring (bicyclic) bond motifs is 1. The molecule has 0 amide bonds. The lowest BCUT2D eigenvalue weighted by Gasteiger charge is -2.14. The molecule has 1 atom stereocenters. The summed E-state index contributed by atoms with van der Waals surface area (Å²) in [4.78, 5) is 18.2. The highest BCUT2D eigenvalue weighted by molar-refractivity contribution is 9.10. The molecule has 0 radical (unpaired) electrons. The number of hydrogen-bond acceptors (Lipinski definition) is 4. The van der Waals surface area contributed by atoms with Gasteiger partial charge in [0, 0.05) is 33.0 Å². The minimum absolute atomic E-state index is 0.0897. The molecule has 0 unspecified atom stereocenters. The second-order valence-corrected chi connectivity index (χ2v) is 10.0. The summed E-state index contributed by atoms with van der Waals surface area (Å²) in [7, 11) is 0. The second kappa shape index (κ2) is 10.2. The van der Waals surface area contributed by atoms with Gasteiger partial charge in [-0.25, -0.2) is 4.98 Å². The molecule has 35 heavy (non-hydrogen) atoms. The Hall–Kier alpha value is -3.19. The fourth-order valence-electron chi connectivity index (χ4n) is 4.16. The third-order valence-corrected chi connectivity index (χ3v) is 6.63. The zero-order valence-electron chi connectivity index (χ0n) is 21.0. The Morgan fingerprint density at radius 1 is 1.09 bits per heavy atom. The number of hydrogen-bond donors (Lipinski definition) is 0. The van der Waals surface area contributed by atoms with Crippen LogP contribution in [0.3, 0.4) is 0 Å². The monoisotopic (exact) mass is 534 g/mol. The molecule has 0 N–H and O–H groups in total. The third-order valence-electron chi connectivity index (χ3n) is 6.14. The largest absolute Gasteiger partial charge is 0.491 e. The van der Waals surface area contributed by atoms with Crippen LogP contribution in [0.5, 0.6) is 5.75 Å². The van der Waals surface area contributed by atoms with Gasteiger partial charge in [-0.05, 0) is 82.6 Å². The molecule has 2 aromatic carbocycles. The molecular formula is C28H31BrN4O2. The number of aromatic nitrogens is 3. The van der Waals surface area contributed by atoms with Gasteiger partial charge in [-0.2, -0.15) is 9.78 Å². The average molecular weight is 535 g/mol. The number of halogens is 1. The van der Waals surface area contributed by atoms with E-state index in [1.807, 2.05) is 38.1 Å². The Morgan fingerprint density at radius 2 is 1.80 bits per heavy atom. The normalized spacial score (nSPS) is 12.7. The first-order chi connectivity index (χ1) is 16.7. The van der Waals surface area contributed by atoms with Crippen molar-refractivity contribution >= 4 is 33.0 Å². The van der Waals surface area contributed by atoms with Crippen molar-refractivity contribution in [1.29, 1.82) is 0 Å². The van der Waals surface area contributed by atoms with Gasteiger partial charge in [0.15, 0.2) is 0 Å². The lowest BCUT2D eigenvalue weighted by Crippen LogP contribution is -2.23. The van der Waals surface area contributed by atoms with Crippen LogP contribution < -0.4 is 10.3 Å². The quantitative estimate of drug-likeness (QED) is 0.246. The molecule has 4 aromatic rings. The van der Waals surface area contributed by atoms with Crippen LogP contribution in [-0.4, -0.2) is 26.5 Å². The zero-order chi connectivity index (χ0) is 25.3. The van der Waals surface area contributed by atoms with Gasteiger partial charge in [0.2, 0.25) is 0 Å². The Balaban J connectivity index is 1.76. The summed E-state index contributed by atoms with van der Waals surface area (Å²) in [6.07, 6.45) is 2.75. The van der Waals surface area contributed by atoms with Crippen molar-refractivity contribution in [3.8, 4) is 11.4 Å². The van der Waals surface area contributed by atoms with Crippen LogP contribution in [0.2, 0.25) is 0 Å². The van der Waals surface area contributed by atoms with Gasteiger partial charge in [-0.3, -0.25) is 4.79 Å². The van der Waals surface area contributed by atoms with E-state index in [1.54, 1.807) is 12.3 Å². The maximum atomic E-state index is 13.4. The van der Waals surface area contributed by atoms with Crippen molar-refractivity contribution < 1.29 is 4.74 Å². The van der Waals surface area contributed by atoms with Gasteiger partial charge in [0.25, 0.3) is 5.56 Å². The van der Waals surface area contributed by atoms with Gasteiger partial charge in [0.05, 0.1) is 23.2 Å². The first-order valence-corrected chi connectivity index (χ1v) is 12.7. The van der Waals surface area contributed by atoms with Crippen molar-refractivity contribution in [2.24, 2.45) is 5.10 Å². The minimum Gasteiger partial charge on any atom is -0.491 e. The van der Waals surface area contributed by atoms with E-state index >= 15 is 0 Å². The van der Waals surface area contributed by atoms with Crippen molar-refractivity contribution in [2.45, 2.75) is 60.0 Å². The fraction of sp³-hybridized carbons (Fsp3) is 0.321. The van der Waals surface area contributed by atoms with Crippen molar-refractivity contribution in [1.82, 2.24) is 14.2 Å². The summed E-state index contributed by atoms with van der Waals surface area (Å²) in [6.45, 7) is 12.3. The Morgan fingerprint density at radius 3 is 2.46 bits per heavy atom. The Bertz CT molecular complexity index is 1450. The number of aryl methyl sites for hydroxylation is 1. The molecule has 6 nitrogen and oxygen atoms in total. The van der Waals surface area contributed by atoms with Gasteiger partial charge in [0.1, 0.15) is 11.6 Å². The predicted molar refractivity (Wildman–Crippen MR) is 146 cm³/mol. The smallest absolute Gasteiger partial charge is 0.282 e. The number of nitrogens with zero attached hydrogens (tertiary/aromatic N) is 4. The first-order valence-electron chi connectivity index (χ1n) is 11.9. The van der Waals surface area contributed by atoms with E-state index in [1.165, 1.54) is 4.68 Å². The molecule has 0 bridgehead atoms. The molecule has 0 aliphatic heterocycles. The van der Waals surface area contributed by atoms with Crippen LogP contribution in [0, 0.1) is 13.8 Å². The van der Waals surface area contributed by atoms with E-state index < -0.39 is 0 Å². The van der Waals surface area contributed by atoms with Crippen LogP contribution in [-0.2, 0) is 0 Å². The molecule has 2 aromatic heterocycles. The summed E-state index contributed by atoms with van der Waals surface area (Å²) in [5, 5.41) is 5.19. The lowest BCUT2D eigenvalue weighted by molar-refractivity contribution is 0.242. The highest BCUT2D eigenvalue weighted by atomic mass is 79.9. The number of ether oxygens (including phenoxy) is 1. The maximum absolute atomic E-state index is 13.4. The van der Waals surface area contributed by atoms with E-state index in [9.17, 15) is 4.79 Å². The molecule has 0 aliphatic rings. The maximum Gasteiger partial charge on any atom is 0.282 e. The molecule has 0 fully saturated rings. The van der Waals surface area contributed by atoms with Gasteiger partial charge < -0.3 is 9.30 Å². The van der Waals surface area contributed by atoms with E-state index in [2.05, 4.69) is 71.5 Å². The van der Waals surface area contributed by atoms with Gasteiger partial charge >= 0.3 is 0 Å². The van der Waals surface area contributed by atoms with Gasteiger partial charge in [-0.15, -0.1) is 0 Å². The average Bonchev–Trinajstić information content (AvgIpc) is 3.11. The summed E-state index contributed by atoms with van der Waals surface area (Å²) in [5.74, 6) is 1.60.